The standard InChI is InChI=1S/C16H20N4O2/c1-12-4-3-5-14(10-12)19-6-8-20(9-7-19)16(21)11-15-17-13(2)18-22-15/h3-5,10H,6-9,11H2,1-2H3. The average molecular weight is 300 g/mol. The van der Waals surface area contributed by atoms with Crippen molar-refractivity contribution < 1.29 is 9.32 Å². The third kappa shape index (κ3) is 3.27. The van der Waals surface area contributed by atoms with Crippen molar-refractivity contribution in [3.8, 4) is 0 Å². The molecule has 1 aromatic heterocycles. The van der Waals surface area contributed by atoms with E-state index >= 15 is 0 Å². The van der Waals surface area contributed by atoms with E-state index in [2.05, 4.69) is 46.2 Å². The first-order chi connectivity index (χ1) is 10.6. The molecule has 3 rings (SSSR count). The summed E-state index contributed by atoms with van der Waals surface area (Å²) in [4.78, 5) is 20.5. The van der Waals surface area contributed by atoms with Crippen LogP contribution in [0.3, 0.4) is 0 Å². The van der Waals surface area contributed by atoms with Gasteiger partial charge in [-0.3, -0.25) is 4.79 Å². The summed E-state index contributed by atoms with van der Waals surface area (Å²) in [6.07, 6.45) is 0.186. The maximum absolute atomic E-state index is 12.3. The summed E-state index contributed by atoms with van der Waals surface area (Å²) < 4.78 is 5.01. The molecule has 0 radical (unpaired) electrons. The molecule has 116 valence electrons. The van der Waals surface area contributed by atoms with Crippen LogP contribution in [0, 0.1) is 13.8 Å². The van der Waals surface area contributed by atoms with Crippen LogP contribution >= 0.6 is 0 Å². The van der Waals surface area contributed by atoms with E-state index in [1.807, 2.05) is 4.90 Å². The number of piperazine rings is 1. The minimum absolute atomic E-state index is 0.0487. The molecule has 0 N–H and O–H groups in total. The lowest BCUT2D eigenvalue weighted by molar-refractivity contribution is -0.131. The molecule has 1 fully saturated rings. The highest BCUT2D eigenvalue weighted by atomic mass is 16.5. The van der Waals surface area contributed by atoms with Crippen LogP contribution in [0.4, 0.5) is 5.69 Å². The number of nitrogens with zero attached hydrogens (tertiary/aromatic N) is 4. The molecular weight excluding hydrogens is 280 g/mol. The summed E-state index contributed by atoms with van der Waals surface area (Å²) in [5.74, 6) is 1.00. The van der Waals surface area contributed by atoms with E-state index < -0.39 is 0 Å². The van der Waals surface area contributed by atoms with Gasteiger partial charge in [0.1, 0.15) is 6.42 Å². The first kappa shape index (κ1) is 14.6. The van der Waals surface area contributed by atoms with Gasteiger partial charge in [0.15, 0.2) is 5.82 Å². The van der Waals surface area contributed by atoms with Gasteiger partial charge in [0.2, 0.25) is 11.8 Å². The van der Waals surface area contributed by atoms with E-state index in [0.29, 0.717) is 11.7 Å². The number of amides is 1. The van der Waals surface area contributed by atoms with Gasteiger partial charge in [-0.1, -0.05) is 17.3 Å². The zero-order valence-electron chi connectivity index (χ0n) is 13.0. The highest BCUT2D eigenvalue weighted by molar-refractivity contribution is 5.78. The second-order valence-electron chi connectivity index (χ2n) is 5.62. The molecule has 2 aromatic rings. The molecule has 0 bridgehead atoms. The molecule has 0 saturated carbocycles. The van der Waals surface area contributed by atoms with Gasteiger partial charge in [0.25, 0.3) is 0 Å². The number of hydrogen-bond acceptors (Lipinski definition) is 5. The molecule has 6 heteroatoms. The fourth-order valence-corrected chi connectivity index (χ4v) is 2.69. The molecular formula is C16H20N4O2. The summed E-state index contributed by atoms with van der Waals surface area (Å²) in [6.45, 7) is 6.98. The van der Waals surface area contributed by atoms with E-state index in [9.17, 15) is 4.79 Å². The van der Waals surface area contributed by atoms with E-state index in [-0.39, 0.29) is 12.3 Å². The fraction of sp³-hybridized carbons (Fsp3) is 0.438. The topological polar surface area (TPSA) is 62.5 Å². The number of aromatic nitrogens is 2. The smallest absolute Gasteiger partial charge is 0.236 e. The molecule has 6 nitrogen and oxygen atoms in total. The van der Waals surface area contributed by atoms with Crippen molar-refractivity contribution >= 4 is 11.6 Å². The Balaban J connectivity index is 1.56. The van der Waals surface area contributed by atoms with E-state index in [4.69, 9.17) is 4.52 Å². The second kappa shape index (κ2) is 6.17. The van der Waals surface area contributed by atoms with Crippen molar-refractivity contribution in [3.05, 3.63) is 41.5 Å². The Bertz CT molecular complexity index is 660. The van der Waals surface area contributed by atoms with Gasteiger partial charge >= 0.3 is 0 Å². The number of rotatable bonds is 3. The van der Waals surface area contributed by atoms with Crippen LogP contribution in [0.1, 0.15) is 17.3 Å². The Morgan fingerprint density at radius 2 is 2.00 bits per heavy atom. The van der Waals surface area contributed by atoms with Gasteiger partial charge in [-0.25, -0.2) is 0 Å². The van der Waals surface area contributed by atoms with Crippen LogP contribution in [-0.4, -0.2) is 47.1 Å². The predicted octanol–water partition coefficient (Wildman–Crippen LogP) is 1.58. The number of anilines is 1. The lowest BCUT2D eigenvalue weighted by Gasteiger charge is -2.36. The molecule has 0 spiro atoms. The van der Waals surface area contributed by atoms with E-state index in [1.54, 1.807) is 6.92 Å². The zero-order chi connectivity index (χ0) is 15.5. The Morgan fingerprint density at radius 1 is 1.23 bits per heavy atom. The predicted molar refractivity (Wildman–Crippen MR) is 82.7 cm³/mol. The Morgan fingerprint density at radius 3 is 2.64 bits per heavy atom. The van der Waals surface area contributed by atoms with Gasteiger partial charge in [-0.2, -0.15) is 4.98 Å². The average Bonchev–Trinajstić information content (AvgIpc) is 2.92. The molecule has 1 aromatic carbocycles. The molecule has 0 unspecified atom stereocenters. The summed E-state index contributed by atoms with van der Waals surface area (Å²) in [5, 5.41) is 3.71. The molecule has 1 saturated heterocycles. The normalized spacial score (nSPS) is 15.2. The third-order valence-corrected chi connectivity index (χ3v) is 3.87. The second-order valence-corrected chi connectivity index (χ2v) is 5.62. The minimum Gasteiger partial charge on any atom is -0.368 e. The minimum atomic E-state index is 0.0487. The quantitative estimate of drug-likeness (QED) is 0.861. The van der Waals surface area contributed by atoms with Gasteiger partial charge in [0.05, 0.1) is 0 Å². The van der Waals surface area contributed by atoms with Crippen molar-refractivity contribution in [2.75, 3.05) is 31.1 Å². The van der Waals surface area contributed by atoms with Gasteiger partial charge < -0.3 is 14.3 Å². The SMILES string of the molecule is Cc1cccc(N2CCN(C(=O)Cc3nc(C)no3)CC2)c1. The first-order valence-electron chi connectivity index (χ1n) is 7.50. The Hall–Kier alpha value is -2.37. The monoisotopic (exact) mass is 300 g/mol. The highest BCUT2D eigenvalue weighted by Crippen LogP contribution is 2.18. The lowest BCUT2D eigenvalue weighted by Crippen LogP contribution is -2.49. The van der Waals surface area contributed by atoms with Crippen LogP contribution in [0.15, 0.2) is 28.8 Å². The molecule has 1 aliphatic heterocycles. The summed E-state index contributed by atoms with van der Waals surface area (Å²) in [6, 6.07) is 8.46. The van der Waals surface area contributed by atoms with Crippen LogP contribution in [-0.2, 0) is 11.2 Å². The summed E-state index contributed by atoms with van der Waals surface area (Å²) in [5.41, 5.74) is 2.47. The molecule has 22 heavy (non-hydrogen) atoms. The van der Waals surface area contributed by atoms with Crippen molar-refractivity contribution in [1.29, 1.82) is 0 Å². The Labute approximate surface area is 129 Å². The van der Waals surface area contributed by atoms with Crippen molar-refractivity contribution in [2.45, 2.75) is 20.3 Å². The van der Waals surface area contributed by atoms with E-state index in [1.165, 1.54) is 11.3 Å². The third-order valence-electron chi connectivity index (χ3n) is 3.87. The molecule has 2 heterocycles. The Kier molecular flexibility index (Phi) is 4.09. The molecule has 1 amide bonds. The highest BCUT2D eigenvalue weighted by Gasteiger charge is 2.22. The molecule has 0 aliphatic carbocycles. The lowest BCUT2D eigenvalue weighted by atomic mass is 10.2. The number of aryl methyl sites for hydroxylation is 2. The maximum atomic E-state index is 12.3. The van der Waals surface area contributed by atoms with Crippen molar-refractivity contribution in [3.63, 3.8) is 0 Å². The number of carbonyl (C=O) groups excluding carboxylic acids is 1. The van der Waals surface area contributed by atoms with Gasteiger partial charge in [-0.05, 0) is 31.5 Å². The fourth-order valence-electron chi connectivity index (χ4n) is 2.69. The maximum Gasteiger partial charge on any atom is 0.236 e. The zero-order valence-corrected chi connectivity index (χ0v) is 13.0. The number of hydrogen-bond donors (Lipinski definition) is 0. The van der Waals surface area contributed by atoms with Crippen molar-refractivity contribution in [2.24, 2.45) is 0 Å². The summed E-state index contributed by atoms with van der Waals surface area (Å²) >= 11 is 0. The largest absolute Gasteiger partial charge is 0.368 e. The van der Waals surface area contributed by atoms with Crippen LogP contribution in [0.2, 0.25) is 0 Å². The summed E-state index contributed by atoms with van der Waals surface area (Å²) in [7, 11) is 0. The van der Waals surface area contributed by atoms with Crippen LogP contribution < -0.4 is 4.90 Å². The molecule has 1 aliphatic rings. The van der Waals surface area contributed by atoms with Crippen LogP contribution in [0.25, 0.3) is 0 Å². The first-order valence-corrected chi connectivity index (χ1v) is 7.50. The van der Waals surface area contributed by atoms with Gasteiger partial charge in [0, 0.05) is 31.9 Å². The molecule has 0 atom stereocenters. The van der Waals surface area contributed by atoms with Crippen LogP contribution in [0.5, 0.6) is 0 Å². The van der Waals surface area contributed by atoms with E-state index in [0.717, 1.165) is 26.2 Å². The number of benzene rings is 1. The van der Waals surface area contributed by atoms with Crippen molar-refractivity contribution in [1.82, 2.24) is 15.0 Å². The number of carbonyl (C=O) groups is 1. The van der Waals surface area contributed by atoms with Gasteiger partial charge in [-0.15, -0.1) is 0 Å².